The largest absolute Gasteiger partial charge is 0.443 e. The third-order valence-electron chi connectivity index (χ3n) is 6.89. The van der Waals surface area contributed by atoms with E-state index in [4.69, 9.17) is 32.8 Å². The van der Waals surface area contributed by atoms with Crippen LogP contribution in [0.25, 0.3) is 0 Å². The standard InChI is InChI=1S/C28H23Cl2F7N2O6/c1-13-9-14(19-12-26(45-38-19,28(35,36)37)15-10-17(29)20(31)18(30)11-15)5-6-16(13)21(40)39(22(41)43-24(2,3)4)23(42)44-25(7-8-25)27(32,33)34/h5-6,9-11H,7-8,12H2,1-4H3. The molecule has 1 aliphatic carbocycles. The number of rotatable bonds is 4. The molecule has 0 radical (unpaired) electrons. The SMILES string of the molecule is Cc1cc(C2=NOC(c3cc(Cl)c(F)c(Cl)c3)(C(F)(F)F)C2)ccc1C(=O)N(C(=O)OC(C)(C)C)C(=O)OC1(C(F)(F)F)CC1. The van der Waals surface area contributed by atoms with Crippen LogP contribution in [0, 0.1) is 12.7 Å². The highest BCUT2D eigenvalue weighted by Gasteiger charge is 2.68. The first-order valence-corrected chi connectivity index (χ1v) is 13.7. The first kappa shape index (κ1) is 34.3. The summed E-state index contributed by atoms with van der Waals surface area (Å²) in [6, 6.07) is 4.74. The van der Waals surface area contributed by atoms with Gasteiger partial charge < -0.3 is 14.3 Å². The van der Waals surface area contributed by atoms with Gasteiger partial charge in [0.2, 0.25) is 5.60 Å². The summed E-state index contributed by atoms with van der Waals surface area (Å²) in [5.74, 6) is -2.55. The third kappa shape index (κ3) is 6.55. The molecule has 2 aromatic rings. The molecule has 1 heterocycles. The lowest BCUT2D eigenvalue weighted by Crippen LogP contribution is -2.48. The molecule has 1 aliphatic heterocycles. The van der Waals surface area contributed by atoms with Gasteiger partial charge in [0.1, 0.15) is 5.60 Å². The predicted molar refractivity (Wildman–Crippen MR) is 144 cm³/mol. The molecule has 0 bridgehead atoms. The molecule has 244 valence electrons. The highest BCUT2D eigenvalue weighted by Crippen LogP contribution is 2.53. The van der Waals surface area contributed by atoms with Gasteiger partial charge in [-0.05, 0) is 63.1 Å². The first-order valence-electron chi connectivity index (χ1n) is 13.0. The van der Waals surface area contributed by atoms with Crippen LogP contribution >= 0.6 is 23.2 Å². The minimum atomic E-state index is -5.10. The van der Waals surface area contributed by atoms with Gasteiger partial charge in [-0.1, -0.05) is 34.4 Å². The minimum Gasteiger partial charge on any atom is -0.443 e. The molecule has 4 rings (SSSR count). The molecular formula is C28H23Cl2F7N2O6. The maximum Gasteiger partial charge on any atom is 0.435 e. The van der Waals surface area contributed by atoms with E-state index in [0.717, 1.165) is 12.1 Å². The van der Waals surface area contributed by atoms with Gasteiger partial charge in [0.15, 0.2) is 5.82 Å². The number of oxime groups is 1. The fraction of sp³-hybridized carbons (Fsp3) is 0.429. The van der Waals surface area contributed by atoms with Crippen molar-refractivity contribution < 1.29 is 59.4 Å². The molecule has 2 aliphatic rings. The van der Waals surface area contributed by atoms with Crippen molar-refractivity contribution in [2.45, 2.75) is 76.1 Å². The minimum absolute atomic E-state index is 0.00915. The van der Waals surface area contributed by atoms with Crippen LogP contribution in [0.3, 0.4) is 0 Å². The number of carbonyl (C=O) groups excluding carboxylic acids is 3. The number of benzene rings is 2. The molecule has 8 nitrogen and oxygen atoms in total. The van der Waals surface area contributed by atoms with Gasteiger partial charge in [-0.25, -0.2) is 14.0 Å². The van der Waals surface area contributed by atoms with E-state index < -0.39 is 93.5 Å². The number of imide groups is 3. The number of carbonyl (C=O) groups is 3. The number of hydrogen-bond acceptors (Lipinski definition) is 7. The molecule has 0 aromatic heterocycles. The Hall–Kier alpha value is -3.59. The molecular weight excluding hydrogens is 664 g/mol. The van der Waals surface area contributed by atoms with Crippen LogP contribution in [0.1, 0.15) is 67.1 Å². The van der Waals surface area contributed by atoms with Crippen LogP contribution in [0.4, 0.5) is 40.3 Å². The van der Waals surface area contributed by atoms with E-state index >= 15 is 0 Å². The molecule has 0 saturated heterocycles. The lowest BCUT2D eigenvalue weighted by Gasteiger charge is -2.29. The number of alkyl halides is 6. The Balaban J connectivity index is 1.65. The number of ether oxygens (including phenoxy) is 2. The van der Waals surface area contributed by atoms with Crippen LogP contribution < -0.4 is 0 Å². The molecule has 45 heavy (non-hydrogen) atoms. The van der Waals surface area contributed by atoms with E-state index in [1.54, 1.807) is 0 Å². The summed E-state index contributed by atoms with van der Waals surface area (Å²) in [5.41, 5.74) is -8.56. The van der Waals surface area contributed by atoms with E-state index in [9.17, 15) is 45.1 Å². The van der Waals surface area contributed by atoms with Gasteiger partial charge in [0, 0.05) is 30.4 Å². The van der Waals surface area contributed by atoms with Crippen molar-refractivity contribution in [1.29, 1.82) is 0 Å². The fourth-order valence-corrected chi connectivity index (χ4v) is 4.86. The summed E-state index contributed by atoms with van der Waals surface area (Å²) in [4.78, 5) is 43.8. The lowest BCUT2D eigenvalue weighted by atomic mass is 9.86. The monoisotopic (exact) mass is 686 g/mol. The second-order valence-corrected chi connectivity index (χ2v) is 12.2. The highest BCUT2D eigenvalue weighted by atomic mass is 35.5. The molecule has 2 aromatic carbocycles. The summed E-state index contributed by atoms with van der Waals surface area (Å²) in [5, 5.41) is 2.19. The first-order chi connectivity index (χ1) is 20.5. The topological polar surface area (TPSA) is 94.5 Å². The second-order valence-electron chi connectivity index (χ2n) is 11.4. The van der Waals surface area contributed by atoms with Crippen molar-refractivity contribution in [2.75, 3.05) is 0 Å². The summed E-state index contributed by atoms with van der Waals surface area (Å²) in [6.07, 6.45) is -15.7. The maximum atomic E-state index is 14.4. The van der Waals surface area contributed by atoms with Gasteiger partial charge in [-0.15, -0.1) is 4.90 Å². The van der Waals surface area contributed by atoms with E-state index in [1.807, 2.05) is 0 Å². The fourth-order valence-electron chi connectivity index (χ4n) is 4.37. The summed E-state index contributed by atoms with van der Waals surface area (Å²) >= 11 is 11.4. The number of nitrogens with zero attached hydrogens (tertiary/aromatic N) is 2. The normalized spacial score (nSPS) is 19.4. The zero-order valence-corrected chi connectivity index (χ0v) is 25.3. The smallest absolute Gasteiger partial charge is 0.435 e. The number of amides is 3. The average Bonchev–Trinajstić information content (AvgIpc) is 3.52. The van der Waals surface area contributed by atoms with Crippen molar-refractivity contribution in [1.82, 2.24) is 4.90 Å². The van der Waals surface area contributed by atoms with Crippen molar-refractivity contribution in [2.24, 2.45) is 5.16 Å². The summed E-state index contributed by atoms with van der Waals surface area (Å²) in [6.45, 7) is 5.45. The quantitative estimate of drug-likeness (QED) is 0.236. The van der Waals surface area contributed by atoms with Gasteiger partial charge in [-0.3, -0.25) is 4.79 Å². The molecule has 1 saturated carbocycles. The van der Waals surface area contributed by atoms with Crippen LogP contribution in [-0.2, 0) is 19.9 Å². The Kier molecular flexibility index (Phi) is 8.64. The van der Waals surface area contributed by atoms with Crippen LogP contribution in [-0.4, -0.2) is 52.3 Å². The van der Waals surface area contributed by atoms with Crippen LogP contribution in [0.15, 0.2) is 35.5 Å². The molecule has 17 heteroatoms. The van der Waals surface area contributed by atoms with Crippen LogP contribution in [0.5, 0.6) is 0 Å². The molecule has 3 amide bonds. The van der Waals surface area contributed by atoms with Gasteiger partial charge in [0.05, 0.1) is 15.8 Å². The summed E-state index contributed by atoms with van der Waals surface area (Å²) in [7, 11) is 0. The van der Waals surface area contributed by atoms with E-state index in [1.165, 1.54) is 33.8 Å². The Morgan fingerprint density at radius 1 is 0.933 bits per heavy atom. The molecule has 1 fully saturated rings. The highest BCUT2D eigenvalue weighted by molar-refractivity contribution is 6.35. The average molecular weight is 687 g/mol. The molecule has 0 N–H and O–H groups in total. The third-order valence-corrected chi connectivity index (χ3v) is 7.44. The van der Waals surface area contributed by atoms with E-state index in [-0.39, 0.29) is 21.7 Å². The zero-order chi connectivity index (χ0) is 33.9. The molecule has 1 atom stereocenters. The van der Waals surface area contributed by atoms with E-state index in [2.05, 4.69) is 9.89 Å². The van der Waals surface area contributed by atoms with Crippen molar-refractivity contribution in [3.05, 3.63) is 68.4 Å². The van der Waals surface area contributed by atoms with Crippen LogP contribution in [0.2, 0.25) is 10.0 Å². The van der Waals surface area contributed by atoms with Gasteiger partial charge in [0.25, 0.3) is 11.5 Å². The van der Waals surface area contributed by atoms with E-state index in [0.29, 0.717) is 12.1 Å². The second kappa shape index (κ2) is 11.3. The maximum absolute atomic E-state index is 14.4. The molecule has 0 spiro atoms. The van der Waals surface area contributed by atoms with Crippen molar-refractivity contribution in [3.8, 4) is 0 Å². The Morgan fingerprint density at radius 2 is 1.51 bits per heavy atom. The Labute approximate surface area is 261 Å². The van der Waals surface area contributed by atoms with Gasteiger partial charge in [-0.2, -0.15) is 26.3 Å². The number of aryl methyl sites for hydroxylation is 1. The number of halogens is 9. The Bertz CT molecular complexity index is 1580. The number of hydrogen-bond donors (Lipinski definition) is 0. The predicted octanol–water partition coefficient (Wildman–Crippen LogP) is 8.63. The van der Waals surface area contributed by atoms with Gasteiger partial charge >= 0.3 is 24.5 Å². The summed E-state index contributed by atoms with van der Waals surface area (Å²) < 4.78 is 107. The Morgan fingerprint density at radius 3 is 1.98 bits per heavy atom. The zero-order valence-electron chi connectivity index (χ0n) is 23.8. The van der Waals surface area contributed by atoms with Crippen molar-refractivity contribution in [3.63, 3.8) is 0 Å². The van der Waals surface area contributed by atoms with Crippen molar-refractivity contribution >= 4 is 47.0 Å². The molecule has 1 unspecified atom stereocenters. The lowest BCUT2D eigenvalue weighted by molar-refractivity contribution is -0.275.